The van der Waals surface area contributed by atoms with Gasteiger partial charge in [0.05, 0.1) is 18.2 Å². The van der Waals surface area contributed by atoms with Gasteiger partial charge in [-0.25, -0.2) is 0 Å². The van der Waals surface area contributed by atoms with Crippen LogP contribution >= 0.6 is 0 Å². The lowest BCUT2D eigenvalue weighted by Gasteiger charge is -2.36. The van der Waals surface area contributed by atoms with Crippen LogP contribution in [-0.2, 0) is 9.47 Å². The molecule has 0 aromatic rings. The van der Waals surface area contributed by atoms with E-state index in [1.165, 1.54) is 12.8 Å². The van der Waals surface area contributed by atoms with Crippen LogP contribution in [0, 0.1) is 0 Å². The van der Waals surface area contributed by atoms with Gasteiger partial charge in [-0.2, -0.15) is 0 Å². The van der Waals surface area contributed by atoms with Gasteiger partial charge in [0.15, 0.2) is 0 Å². The summed E-state index contributed by atoms with van der Waals surface area (Å²) in [6, 6.07) is 0.343. The summed E-state index contributed by atoms with van der Waals surface area (Å²) in [5, 5.41) is 3.55. The molecule has 1 atom stereocenters. The Bertz CT molecular complexity index is 167. The van der Waals surface area contributed by atoms with Gasteiger partial charge in [-0.05, 0) is 25.8 Å². The maximum Gasteiger partial charge on any atom is 0.0853 e. The van der Waals surface area contributed by atoms with Crippen LogP contribution < -0.4 is 5.32 Å². The highest BCUT2D eigenvalue weighted by Gasteiger charge is 2.41. The lowest BCUT2D eigenvalue weighted by atomic mass is 9.92. The summed E-state index contributed by atoms with van der Waals surface area (Å²) in [5.41, 5.74) is 0.0190. The average Bonchev–Trinajstić information content (AvgIpc) is 2.74. The molecule has 1 saturated carbocycles. The Labute approximate surface area is 93.5 Å². The number of nitrogens with one attached hydrogen (secondary N) is 1. The van der Waals surface area contributed by atoms with E-state index in [1.807, 2.05) is 7.11 Å². The Kier molecular flexibility index (Phi) is 5.58. The molecule has 0 aromatic heterocycles. The first-order chi connectivity index (χ1) is 7.29. The predicted octanol–water partition coefficient (Wildman–Crippen LogP) is 1.96. The van der Waals surface area contributed by atoms with E-state index in [4.69, 9.17) is 9.47 Å². The van der Waals surface area contributed by atoms with Crippen LogP contribution in [0.3, 0.4) is 0 Å². The summed E-state index contributed by atoms with van der Waals surface area (Å²) in [6.07, 6.45) is 6.03. The maximum atomic E-state index is 5.77. The topological polar surface area (TPSA) is 30.5 Å². The third-order valence-corrected chi connectivity index (χ3v) is 3.47. The van der Waals surface area contributed by atoms with Crippen LogP contribution in [0.5, 0.6) is 0 Å². The minimum atomic E-state index is 0.0190. The number of rotatable bonds is 7. The number of hydrogen-bond donors (Lipinski definition) is 1. The molecule has 0 heterocycles. The lowest BCUT2D eigenvalue weighted by molar-refractivity contribution is -0.0542. The van der Waals surface area contributed by atoms with E-state index in [0.717, 1.165) is 32.4 Å². The van der Waals surface area contributed by atoms with Crippen molar-refractivity contribution in [3.05, 3.63) is 0 Å². The van der Waals surface area contributed by atoms with Crippen molar-refractivity contribution in [1.82, 2.24) is 5.32 Å². The largest absolute Gasteiger partial charge is 0.383 e. The fourth-order valence-corrected chi connectivity index (χ4v) is 2.55. The van der Waals surface area contributed by atoms with Crippen LogP contribution in [0.25, 0.3) is 0 Å². The molecule has 3 nitrogen and oxygen atoms in total. The highest BCUT2D eigenvalue weighted by Crippen LogP contribution is 2.35. The molecular formula is C12H25NO2. The molecule has 1 unspecified atom stereocenters. The first-order valence-corrected chi connectivity index (χ1v) is 6.06. The normalized spacial score (nSPS) is 21.8. The summed E-state index contributed by atoms with van der Waals surface area (Å²) in [6.45, 7) is 3.97. The number of methoxy groups -OCH3 is 2. The first-order valence-electron chi connectivity index (χ1n) is 6.06. The molecule has 1 aliphatic carbocycles. The molecule has 0 bridgehead atoms. The minimum Gasteiger partial charge on any atom is -0.383 e. The van der Waals surface area contributed by atoms with E-state index in [0.29, 0.717) is 6.04 Å². The zero-order valence-electron chi connectivity index (χ0n) is 10.3. The minimum absolute atomic E-state index is 0.0190. The Morgan fingerprint density at radius 3 is 2.40 bits per heavy atom. The van der Waals surface area contributed by atoms with Crippen molar-refractivity contribution in [2.24, 2.45) is 0 Å². The van der Waals surface area contributed by atoms with E-state index in [-0.39, 0.29) is 5.60 Å². The molecule has 1 fully saturated rings. The Hall–Kier alpha value is -0.120. The summed E-state index contributed by atoms with van der Waals surface area (Å²) in [7, 11) is 3.60. The molecule has 1 aliphatic rings. The zero-order chi connectivity index (χ0) is 11.1. The Morgan fingerprint density at radius 1 is 1.27 bits per heavy atom. The highest BCUT2D eigenvalue weighted by molar-refractivity contribution is 4.96. The molecule has 0 spiro atoms. The molecule has 1 rings (SSSR count). The summed E-state index contributed by atoms with van der Waals surface area (Å²) in [4.78, 5) is 0. The molecule has 15 heavy (non-hydrogen) atoms. The fourth-order valence-electron chi connectivity index (χ4n) is 2.55. The van der Waals surface area contributed by atoms with Crippen molar-refractivity contribution >= 4 is 0 Å². The van der Waals surface area contributed by atoms with Crippen molar-refractivity contribution in [3.8, 4) is 0 Å². The lowest BCUT2D eigenvalue weighted by Crippen LogP contribution is -2.53. The van der Waals surface area contributed by atoms with Crippen molar-refractivity contribution in [3.63, 3.8) is 0 Å². The molecule has 0 radical (unpaired) electrons. The summed E-state index contributed by atoms with van der Waals surface area (Å²) >= 11 is 0. The number of ether oxygens (including phenoxy) is 2. The van der Waals surface area contributed by atoms with Gasteiger partial charge < -0.3 is 14.8 Å². The summed E-state index contributed by atoms with van der Waals surface area (Å²) < 4.78 is 11.1. The second-order valence-corrected chi connectivity index (χ2v) is 4.44. The molecule has 90 valence electrons. The van der Waals surface area contributed by atoms with Crippen molar-refractivity contribution in [1.29, 1.82) is 0 Å². The molecule has 3 heteroatoms. The SMILES string of the molecule is CCCNC(COC)C1(OC)CCCC1. The number of hydrogen-bond acceptors (Lipinski definition) is 3. The fraction of sp³-hybridized carbons (Fsp3) is 1.00. The van der Waals surface area contributed by atoms with E-state index in [9.17, 15) is 0 Å². The van der Waals surface area contributed by atoms with Gasteiger partial charge in [0.1, 0.15) is 0 Å². The second-order valence-electron chi connectivity index (χ2n) is 4.44. The monoisotopic (exact) mass is 215 g/mol. The van der Waals surface area contributed by atoms with Gasteiger partial charge in [0, 0.05) is 14.2 Å². The van der Waals surface area contributed by atoms with Crippen LogP contribution in [0.4, 0.5) is 0 Å². The van der Waals surface area contributed by atoms with E-state index < -0.39 is 0 Å². The molecule has 0 amide bonds. The van der Waals surface area contributed by atoms with Crippen LogP contribution in [0.2, 0.25) is 0 Å². The summed E-state index contributed by atoms with van der Waals surface area (Å²) in [5.74, 6) is 0. The van der Waals surface area contributed by atoms with Crippen LogP contribution in [0.1, 0.15) is 39.0 Å². The quantitative estimate of drug-likeness (QED) is 0.704. The van der Waals surface area contributed by atoms with Gasteiger partial charge >= 0.3 is 0 Å². The third kappa shape index (κ3) is 3.16. The second kappa shape index (κ2) is 6.46. The third-order valence-electron chi connectivity index (χ3n) is 3.47. The predicted molar refractivity (Wildman–Crippen MR) is 62.2 cm³/mol. The van der Waals surface area contributed by atoms with Gasteiger partial charge in [0.2, 0.25) is 0 Å². The molecule has 1 N–H and O–H groups in total. The molecule has 0 aliphatic heterocycles. The Balaban J connectivity index is 2.57. The average molecular weight is 215 g/mol. The van der Waals surface area contributed by atoms with Crippen LogP contribution in [-0.4, -0.2) is 39.0 Å². The van der Waals surface area contributed by atoms with E-state index in [1.54, 1.807) is 7.11 Å². The van der Waals surface area contributed by atoms with Gasteiger partial charge in [0.25, 0.3) is 0 Å². The molecular weight excluding hydrogens is 190 g/mol. The zero-order valence-corrected chi connectivity index (χ0v) is 10.3. The smallest absolute Gasteiger partial charge is 0.0853 e. The van der Waals surface area contributed by atoms with Gasteiger partial charge in [-0.3, -0.25) is 0 Å². The van der Waals surface area contributed by atoms with E-state index >= 15 is 0 Å². The highest BCUT2D eigenvalue weighted by atomic mass is 16.5. The van der Waals surface area contributed by atoms with Crippen molar-refractivity contribution < 1.29 is 9.47 Å². The van der Waals surface area contributed by atoms with Gasteiger partial charge in [-0.1, -0.05) is 19.8 Å². The first kappa shape index (κ1) is 12.9. The molecule has 0 saturated heterocycles. The maximum absolute atomic E-state index is 5.77. The van der Waals surface area contributed by atoms with Crippen molar-refractivity contribution in [2.45, 2.75) is 50.7 Å². The Morgan fingerprint density at radius 2 is 1.93 bits per heavy atom. The standard InChI is InChI=1S/C12H25NO2/c1-4-9-13-11(10-14-2)12(15-3)7-5-6-8-12/h11,13H,4-10H2,1-3H3. The van der Waals surface area contributed by atoms with Gasteiger partial charge in [-0.15, -0.1) is 0 Å². The molecule has 0 aromatic carbocycles. The van der Waals surface area contributed by atoms with E-state index in [2.05, 4.69) is 12.2 Å². The van der Waals surface area contributed by atoms with Crippen molar-refractivity contribution in [2.75, 3.05) is 27.4 Å². The van der Waals surface area contributed by atoms with Crippen LogP contribution in [0.15, 0.2) is 0 Å².